The molecule has 0 saturated carbocycles. The lowest BCUT2D eigenvalue weighted by Crippen LogP contribution is -2.29. The minimum atomic E-state index is -4.78. The molecule has 1 atom stereocenters. The van der Waals surface area contributed by atoms with Crippen LogP contribution in [0.25, 0.3) is 0 Å². The molecular weight excluding hydrogens is 639 g/mol. The summed E-state index contributed by atoms with van der Waals surface area (Å²) in [7, 11) is -4.78. The van der Waals surface area contributed by atoms with Crippen LogP contribution >= 0.6 is 7.82 Å². The second-order valence-corrected chi connectivity index (χ2v) is 13.0. The summed E-state index contributed by atoms with van der Waals surface area (Å²) in [5.41, 5.74) is 0. The Hall–Kier alpha value is -2.77. The zero-order chi connectivity index (χ0) is 36.1. The molecular formula is C40H65O8P. The van der Waals surface area contributed by atoms with Crippen LogP contribution in [0.5, 0.6) is 0 Å². The topological polar surface area (TPSA) is 119 Å². The normalized spacial score (nSPS) is 13.5. The quantitative estimate of drug-likeness (QED) is 0.0307. The number of phosphoric ester groups is 1. The van der Waals surface area contributed by atoms with Gasteiger partial charge >= 0.3 is 19.8 Å². The standard InChI is InChI=1S/C40H65O8P/c1-3-5-7-9-11-13-15-17-18-19-20-21-22-23-25-27-29-31-33-35-40(42)48-38(37-47-49(43,44)45)36-46-39(41)34-32-30-28-26-24-16-14-12-10-8-6-4-2/h5,7,11-14,17-18,20-21,23,25,29,31,38H,3-4,6,8-10,15-16,19,22,24,26-28,30,32-37H2,1-2H3,(H2,43,44,45)/b7-5-,13-11-,14-12-,18-17-,21-20-,25-23-,31-29-. The van der Waals surface area contributed by atoms with E-state index >= 15 is 0 Å². The zero-order valence-electron chi connectivity index (χ0n) is 30.3. The first-order chi connectivity index (χ1) is 23.8. The summed E-state index contributed by atoms with van der Waals surface area (Å²) in [5, 5.41) is 0. The molecule has 9 heteroatoms. The van der Waals surface area contributed by atoms with Gasteiger partial charge in [0.15, 0.2) is 6.10 Å². The molecule has 0 bridgehead atoms. The Kier molecular flexibility index (Phi) is 33.1. The van der Waals surface area contributed by atoms with E-state index in [1.807, 2.05) is 12.2 Å². The molecule has 0 spiro atoms. The Bertz CT molecular complexity index is 1060. The van der Waals surface area contributed by atoms with Gasteiger partial charge in [0.25, 0.3) is 0 Å². The summed E-state index contributed by atoms with van der Waals surface area (Å²) in [4.78, 5) is 42.6. The Morgan fingerprint density at radius 2 is 1.02 bits per heavy atom. The molecule has 0 aromatic heterocycles. The van der Waals surface area contributed by atoms with Gasteiger partial charge < -0.3 is 19.3 Å². The van der Waals surface area contributed by atoms with Crippen LogP contribution in [0, 0.1) is 0 Å². The fourth-order valence-corrected chi connectivity index (χ4v) is 4.81. The van der Waals surface area contributed by atoms with Gasteiger partial charge in [-0.25, -0.2) is 4.57 Å². The van der Waals surface area contributed by atoms with E-state index in [-0.39, 0.29) is 19.4 Å². The predicted octanol–water partition coefficient (Wildman–Crippen LogP) is 10.9. The molecule has 49 heavy (non-hydrogen) atoms. The maximum atomic E-state index is 12.3. The van der Waals surface area contributed by atoms with Gasteiger partial charge in [0.2, 0.25) is 0 Å². The number of hydrogen-bond donors (Lipinski definition) is 2. The van der Waals surface area contributed by atoms with E-state index in [4.69, 9.17) is 19.3 Å². The molecule has 0 heterocycles. The van der Waals surface area contributed by atoms with Crippen LogP contribution in [-0.4, -0.2) is 41.0 Å². The number of hydrogen-bond acceptors (Lipinski definition) is 6. The summed E-state index contributed by atoms with van der Waals surface area (Å²) >= 11 is 0. The van der Waals surface area contributed by atoms with Gasteiger partial charge in [0, 0.05) is 12.8 Å². The molecule has 8 nitrogen and oxygen atoms in total. The molecule has 0 rings (SSSR count). The second kappa shape index (κ2) is 35.1. The Morgan fingerprint density at radius 1 is 0.551 bits per heavy atom. The van der Waals surface area contributed by atoms with Crippen molar-refractivity contribution in [2.24, 2.45) is 0 Å². The monoisotopic (exact) mass is 704 g/mol. The Labute approximate surface area is 297 Å². The number of phosphoric acid groups is 1. The van der Waals surface area contributed by atoms with Crippen molar-refractivity contribution in [3.63, 3.8) is 0 Å². The number of ether oxygens (including phenoxy) is 2. The van der Waals surface area contributed by atoms with Crippen LogP contribution in [0.15, 0.2) is 85.1 Å². The Balaban J connectivity index is 4.16. The van der Waals surface area contributed by atoms with Gasteiger partial charge in [-0.15, -0.1) is 0 Å². The molecule has 0 saturated heterocycles. The highest BCUT2D eigenvalue weighted by atomic mass is 31.2. The largest absolute Gasteiger partial charge is 0.469 e. The van der Waals surface area contributed by atoms with E-state index in [1.54, 1.807) is 0 Å². The molecule has 0 aromatic carbocycles. The van der Waals surface area contributed by atoms with Crippen LogP contribution in [-0.2, 0) is 28.2 Å². The van der Waals surface area contributed by atoms with E-state index < -0.39 is 32.5 Å². The van der Waals surface area contributed by atoms with E-state index in [0.29, 0.717) is 12.8 Å². The molecule has 0 aliphatic rings. The van der Waals surface area contributed by atoms with Crippen molar-refractivity contribution >= 4 is 19.8 Å². The number of rotatable bonds is 32. The van der Waals surface area contributed by atoms with Crippen molar-refractivity contribution < 1.29 is 37.9 Å². The number of allylic oxidation sites excluding steroid dienone is 14. The molecule has 2 N–H and O–H groups in total. The van der Waals surface area contributed by atoms with Crippen LogP contribution in [0.3, 0.4) is 0 Å². The maximum absolute atomic E-state index is 12.3. The summed E-state index contributed by atoms with van der Waals surface area (Å²) in [5.74, 6) is -1.00. The maximum Gasteiger partial charge on any atom is 0.469 e. The molecule has 0 amide bonds. The van der Waals surface area contributed by atoms with Crippen molar-refractivity contribution in [1.29, 1.82) is 0 Å². The highest BCUT2D eigenvalue weighted by molar-refractivity contribution is 7.46. The van der Waals surface area contributed by atoms with E-state index in [1.165, 1.54) is 19.3 Å². The molecule has 0 aliphatic heterocycles. The van der Waals surface area contributed by atoms with Crippen LogP contribution in [0.4, 0.5) is 0 Å². The number of esters is 2. The van der Waals surface area contributed by atoms with Gasteiger partial charge in [-0.1, -0.05) is 131 Å². The van der Waals surface area contributed by atoms with Gasteiger partial charge in [-0.3, -0.25) is 14.1 Å². The number of carbonyl (C=O) groups excluding carboxylic acids is 2. The lowest BCUT2D eigenvalue weighted by molar-refractivity contribution is -0.161. The first-order valence-electron chi connectivity index (χ1n) is 18.4. The van der Waals surface area contributed by atoms with Gasteiger partial charge in [-0.05, 0) is 77.0 Å². The first-order valence-corrected chi connectivity index (χ1v) is 19.9. The lowest BCUT2D eigenvalue weighted by atomic mass is 10.1. The van der Waals surface area contributed by atoms with Gasteiger partial charge in [0.05, 0.1) is 6.61 Å². The summed E-state index contributed by atoms with van der Waals surface area (Å²) in [6.45, 7) is 3.44. The molecule has 0 fully saturated rings. The average Bonchev–Trinajstić information content (AvgIpc) is 3.07. The molecule has 278 valence electrons. The highest BCUT2D eigenvalue weighted by Crippen LogP contribution is 2.35. The van der Waals surface area contributed by atoms with Crippen molar-refractivity contribution in [2.75, 3.05) is 13.2 Å². The van der Waals surface area contributed by atoms with Gasteiger partial charge in [-0.2, -0.15) is 0 Å². The molecule has 0 radical (unpaired) electrons. The van der Waals surface area contributed by atoms with E-state index in [9.17, 15) is 14.2 Å². The van der Waals surface area contributed by atoms with E-state index in [0.717, 1.165) is 77.0 Å². The average molecular weight is 705 g/mol. The SMILES string of the molecule is CC/C=C\C/C=C\C/C=C\C/C=C\C/C=C\C/C=C\CCC(=O)OC(COC(=O)CCCCCCC/C=C\CCCCC)COP(=O)(O)O. The third-order valence-corrected chi connectivity index (χ3v) is 7.65. The van der Waals surface area contributed by atoms with Gasteiger partial charge in [0.1, 0.15) is 6.61 Å². The minimum absolute atomic E-state index is 0.0805. The third kappa shape index (κ3) is 37.9. The first kappa shape index (κ1) is 46.2. The lowest BCUT2D eigenvalue weighted by Gasteiger charge is -2.18. The predicted molar refractivity (Wildman–Crippen MR) is 202 cm³/mol. The fourth-order valence-electron chi connectivity index (χ4n) is 4.45. The fraction of sp³-hybridized carbons (Fsp3) is 0.600. The van der Waals surface area contributed by atoms with Crippen molar-refractivity contribution in [2.45, 2.75) is 142 Å². The van der Waals surface area contributed by atoms with Crippen LogP contribution < -0.4 is 0 Å². The molecule has 1 unspecified atom stereocenters. The zero-order valence-corrected chi connectivity index (χ0v) is 31.2. The Morgan fingerprint density at radius 3 is 1.55 bits per heavy atom. The highest BCUT2D eigenvalue weighted by Gasteiger charge is 2.22. The minimum Gasteiger partial charge on any atom is -0.462 e. The number of carbonyl (C=O) groups is 2. The van der Waals surface area contributed by atoms with Crippen molar-refractivity contribution in [3.05, 3.63) is 85.1 Å². The van der Waals surface area contributed by atoms with E-state index in [2.05, 4.69) is 91.3 Å². The second-order valence-electron chi connectivity index (χ2n) is 11.8. The smallest absolute Gasteiger partial charge is 0.462 e. The van der Waals surface area contributed by atoms with Crippen LogP contribution in [0.2, 0.25) is 0 Å². The van der Waals surface area contributed by atoms with Crippen molar-refractivity contribution in [3.8, 4) is 0 Å². The summed E-state index contributed by atoms with van der Waals surface area (Å²) in [6, 6.07) is 0. The van der Waals surface area contributed by atoms with Crippen LogP contribution in [0.1, 0.15) is 136 Å². The summed E-state index contributed by atoms with van der Waals surface area (Å²) in [6.07, 6.45) is 46.0. The van der Waals surface area contributed by atoms with Crippen molar-refractivity contribution in [1.82, 2.24) is 0 Å². The summed E-state index contributed by atoms with van der Waals surface area (Å²) < 4.78 is 26.2. The molecule has 0 aromatic rings. The molecule has 0 aliphatic carbocycles. The third-order valence-electron chi connectivity index (χ3n) is 7.16. The number of unbranched alkanes of at least 4 members (excludes halogenated alkanes) is 8.